The van der Waals surface area contributed by atoms with Crippen molar-refractivity contribution in [3.8, 4) is 0 Å². The quantitative estimate of drug-likeness (QED) is 0.913. The molecule has 2 aliphatic heterocycles. The molecule has 0 bridgehead atoms. The number of rotatable bonds is 3. The van der Waals surface area contributed by atoms with Gasteiger partial charge in [-0.05, 0) is 57.5 Å². The largest absolute Gasteiger partial charge is 0.370 e. The van der Waals surface area contributed by atoms with Gasteiger partial charge in [0.25, 0.3) is 0 Å². The molecular weight excluding hydrogens is 246 g/mol. The van der Waals surface area contributed by atoms with Crippen LogP contribution < -0.4 is 10.2 Å². The van der Waals surface area contributed by atoms with Crippen LogP contribution in [-0.2, 0) is 0 Å². The van der Waals surface area contributed by atoms with Crippen LogP contribution in [0.5, 0.6) is 0 Å². The lowest BCUT2D eigenvalue weighted by molar-refractivity contribution is 0.273. The van der Waals surface area contributed by atoms with E-state index in [-0.39, 0.29) is 0 Å². The lowest BCUT2D eigenvalue weighted by Crippen LogP contribution is -2.36. The minimum absolute atomic E-state index is 0.429. The van der Waals surface area contributed by atoms with Crippen molar-refractivity contribution in [1.82, 2.24) is 10.2 Å². The maximum absolute atomic E-state index is 3.30. The standard InChI is InChI=1S/C17H27N3/c1-14(18-2)15-6-8-16(9-7-15)20-12-4-11-19-10-3-5-17(19)13-20/h6-9,14,17-18H,3-5,10-13H2,1-2H3. The summed E-state index contributed by atoms with van der Waals surface area (Å²) >= 11 is 0. The zero-order valence-electron chi connectivity index (χ0n) is 12.8. The number of nitrogens with zero attached hydrogens (tertiary/aromatic N) is 2. The van der Waals surface area contributed by atoms with Crippen molar-refractivity contribution in [2.24, 2.45) is 0 Å². The second kappa shape index (κ2) is 6.15. The Labute approximate surface area is 123 Å². The van der Waals surface area contributed by atoms with Crippen LogP contribution in [0.3, 0.4) is 0 Å². The van der Waals surface area contributed by atoms with Crippen molar-refractivity contribution >= 4 is 5.69 Å². The molecule has 0 aromatic heterocycles. The molecule has 0 radical (unpaired) electrons. The average Bonchev–Trinajstić information content (AvgIpc) is 2.83. The van der Waals surface area contributed by atoms with Gasteiger partial charge in [0.1, 0.15) is 0 Å². The fourth-order valence-electron chi connectivity index (χ4n) is 3.58. The Hall–Kier alpha value is -1.06. The highest BCUT2D eigenvalue weighted by Gasteiger charge is 2.28. The molecule has 3 heteroatoms. The average molecular weight is 273 g/mol. The Morgan fingerprint density at radius 3 is 2.60 bits per heavy atom. The van der Waals surface area contributed by atoms with Crippen LogP contribution in [0, 0.1) is 0 Å². The predicted molar refractivity (Wildman–Crippen MR) is 85.3 cm³/mol. The molecule has 0 saturated carbocycles. The molecule has 20 heavy (non-hydrogen) atoms. The van der Waals surface area contributed by atoms with Gasteiger partial charge in [-0.3, -0.25) is 4.90 Å². The van der Waals surface area contributed by atoms with Crippen LogP contribution >= 0.6 is 0 Å². The lowest BCUT2D eigenvalue weighted by atomic mass is 10.1. The van der Waals surface area contributed by atoms with Crippen LogP contribution in [0.4, 0.5) is 5.69 Å². The summed E-state index contributed by atoms with van der Waals surface area (Å²) in [5, 5.41) is 3.30. The van der Waals surface area contributed by atoms with E-state index in [1.54, 1.807) is 0 Å². The molecule has 0 spiro atoms. The fraction of sp³-hybridized carbons (Fsp3) is 0.647. The summed E-state index contributed by atoms with van der Waals surface area (Å²) in [5.74, 6) is 0. The van der Waals surface area contributed by atoms with E-state index in [1.165, 1.54) is 56.7 Å². The number of anilines is 1. The second-order valence-corrected chi connectivity index (χ2v) is 6.23. The van der Waals surface area contributed by atoms with Gasteiger partial charge in [-0.1, -0.05) is 12.1 Å². The minimum Gasteiger partial charge on any atom is -0.370 e. The maximum atomic E-state index is 3.30. The number of nitrogens with one attached hydrogen (secondary N) is 1. The Morgan fingerprint density at radius 2 is 1.85 bits per heavy atom. The van der Waals surface area contributed by atoms with Crippen molar-refractivity contribution < 1.29 is 0 Å². The van der Waals surface area contributed by atoms with E-state index >= 15 is 0 Å². The maximum Gasteiger partial charge on any atom is 0.0366 e. The zero-order chi connectivity index (χ0) is 13.9. The summed E-state index contributed by atoms with van der Waals surface area (Å²) in [5.41, 5.74) is 2.76. The van der Waals surface area contributed by atoms with E-state index in [9.17, 15) is 0 Å². The van der Waals surface area contributed by atoms with Gasteiger partial charge < -0.3 is 10.2 Å². The molecule has 2 heterocycles. The van der Waals surface area contributed by atoms with Crippen LogP contribution in [0.25, 0.3) is 0 Å². The Morgan fingerprint density at radius 1 is 1.10 bits per heavy atom. The third-order valence-corrected chi connectivity index (χ3v) is 4.99. The molecular formula is C17H27N3. The summed E-state index contributed by atoms with van der Waals surface area (Å²) in [7, 11) is 2.02. The molecule has 1 aromatic carbocycles. The Balaban J connectivity index is 1.71. The van der Waals surface area contributed by atoms with Crippen molar-refractivity contribution in [1.29, 1.82) is 0 Å². The first-order valence-corrected chi connectivity index (χ1v) is 8.04. The number of hydrogen-bond donors (Lipinski definition) is 1. The third-order valence-electron chi connectivity index (χ3n) is 4.99. The van der Waals surface area contributed by atoms with Gasteiger partial charge in [0.05, 0.1) is 0 Å². The van der Waals surface area contributed by atoms with E-state index in [4.69, 9.17) is 0 Å². The first-order chi connectivity index (χ1) is 9.78. The number of benzene rings is 1. The molecule has 1 N–H and O–H groups in total. The van der Waals surface area contributed by atoms with E-state index < -0.39 is 0 Å². The molecule has 2 unspecified atom stereocenters. The van der Waals surface area contributed by atoms with Gasteiger partial charge in [0.2, 0.25) is 0 Å². The molecule has 2 atom stereocenters. The molecule has 110 valence electrons. The molecule has 0 amide bonds. The highest BCUT2D eigenvalue weighted by molar-refractivity contribution is 5.48. The Kier molecular flexibility index (Phi) is 4.27. The van der Waals surface area contributed by atoms with E-state index in [2.05, 4.69) is 46.3 Å². The number of fused-ring (bicyclic) bond motifs is 1. The van der Waals surface area contributed by atoms with Crippen molar-refractivity contribution in [2.75, 3.05) is 38.1 Å². The summed E-state index contributed by atoms with van der Waals surface area (Å²) in [6, 6.07) is 10.4. The summed E-state index contributed by atoms with van der Waals surface area (Å²) in [6.07, 6.45) is 4.06. The molecule has 0 aliphatic carbocycles. The normalized spacial score (nSPS) is 25.3. The van der Waals surface area contributed by atoms with Gasteiger partial charge in [0.15, 0.2) is 0 Å². The van der Waals surface area contributed by atoms with Crippen LogP contribution in [0.1, 0.15) is 37.8 Å². The van der Waals surface area contributed by atoms with Crippen LogP contribution in [0.15, 0.2) is 24.3 Å². The van der Waals surface area contributed by atoms with Crippen molar-refractivity contribution in [3.05, 3.63) is 29.8 Å². The van der Waals surface area contributed by atoms with Gasteiger partial charge >= 0.3 is 0 Å². The van der Waals surface area contributed by atoms with E-state index in [1.807, 2.05) is 7.05 Å². The first kappa shape index (κ1) is 13.9. The van der Waals surface area contributed by atoms with Crippen LogP contribution in [0.2, 0.25) is 0 Å². The molecule has 3 nitrogen and oxygen atoms in total. The Bertz CT molecular complexity index is 428. The first-order valence-electron chi connectivity index (χ1n) is 8.04. The van der Waals surface area contributed by atoms with E-state index in [0.29, 0.717) is 6.04 Å². The molecule has 1 aromatic rings. The van der Waals surface area contributed by atoms with Crippen LogP contribution in [-0.4, -0.2) is 44.2 Å². The second-order valence-electron chi connectivity index (χ2n) is 6.23. The molecule has 2 fully saturated rings. The molecule has 2 aliphatic rings. The van der Waals surface area contributed by atoms with E-state index in [0.717, 1.165) is 6.04 Å². The molecule has 2 saturated heterocycles. The summed E-state index contributed by atoms with van der Waals surface area (Å²) < 4.78 is 0. The van der Waals surface area contributed by atoms with Gasteiger partial charge in [-0.2, -0.15) is 0 Å². The predicted octanol–water partition coefficient (Wildman–Crippen LogP) is 2.64. The summed E-state index contributed by atoms with van der Waals surface area (Å²) in [6.45, 7) is 7.22. The summed E-state index contributed by atoms with van der Waals surface area (Å²) in [4.78, 5) is 5.28. The van der Waals surface area contributed by atoms with Crippen molar-refractivity contribution in [3.63, 3.8) is 0 Å². The topological polar surface area (TPSA) is 18.5 Å². The smallest absolute Gasteiger partial charge is 0.0366 e. The molecule has 3 rings (SSSR count). The third kappa shape index (κ3) is 2.84. The minimum atomic E-state index is 0.429. The van der Waals surface area contributed by atoms with Crippen molar-refractivity contribution in [2.45, 2.75) is 38.3 Å². The fourth-order valence-corrected chi connectivity index (χ4v) is 3.58. The van der Waals surface area contributed by atoms with Gasteiger partial charge in [-0.15, -0.1) is 0 Å². The SMILES string of the molecule is CNC(C)c1ccc(N2CCCN3CCCC3C2)cc1. The lowest BCUT2D eigenvalue weighted by Gasteiger charge is -2.27. The number of hydrogen-bond acceptors (Lipinski definition) is 3. The highest BCUT2D eigenvalue weighted by Crippen LogP contribution is 2.26. The monoisotopic (exact) mass is 273 g/mol. The zero-order valence-corrected chi connectivity index (χ0v) is 12.8. The van der Waals surface area contributed by atoms with Gasteiger partial charge in [-0.25, -0.2) is 0 Å². The highest BCUT2D eigenvalue weighted by atomic mass is 15.3. The van der Waals surface area contributed by atoms with Gasteiger partial charge in [0, 0.05) is 37.4 Å².